The van der Waals surface area contributed by atoms with E-state index in [1.165, 1.54) is 0 Å². The molecule has 2 atom stereocenters. The number of carboxylic acid groups (broad SMARTS) is 1. The molecule has 4 rings (SSSR count). The molecule has 0 aromatic rings. The molecule has 0 bridgehead atoms. The molecule has 1 unspecified atom stereocenters. The van der Waals surface area contributed by atoms with E-state index in [1.807, 2.05) is 24.3 Å². The highest BCUT2D eigenvalue weighted by molar-refractivity contribution is 6.31. The van der Waals surface area contributed by atoms with Gasteiger partial charge in [-0.05, 0) is 66.8 Å². The highest BCUT2D eigenvalue weighted by Gasteiger charge is 2.28. The van der Waals surface area contributed by atoms with Crippen LogP contribution in [0.5, 0.6) is 0 Å². The first-order valence-electron chi connectivity index (χ1n) is 10.2. The van der Waals surface area contributed by atoms with Crippen molar-refractivity contribution in [3.63, 3.8) is 0 Å². The smallest absolute Gasteiger partial charge is 0.307 e. The lowest BCUT2D eigenvalue weighted by Crippen LogP contribution is -2.39. The van der Waals surface area contributed by atoms with Crippen molar-refractivity contribution in [1.82, 2.24) is 4.90 Å². The molecule has 1 saturated heterocycles. The van der Waals surface area contributed by atoms with E-state index in [0.717, 1.165) is 59.7 Å². The molecule has 0 aromatic heterocycles. The molecule has 0 amide bonds. The predicted octanol–water partition coefficient (Wildman–Crippen LogP) is 4.87. The SMILES string of the molecule is O=C(O)C1CCCN(CCC=C2CC(Cl)=CC3=COCO[C@@H]4C=CC(Cl)=CC4=C32)C1. The molecule has 30 heavy (non-hydrogen) atoms. The number of hydrogen-bond acceptors (Lipinski definition) is 4. The Hall–Kier alpha value is -1.79. The summed E-state index contributed by atoms with van der Waals surface area (Å²) < 4.78 is 11.4. The summed E-state index contributed by atoms with van der Waals surface area (Å²) in [7, 11) is 0. The van der Waals surface area contributed by atoms with Crippen LogP contribution < -0.4 is 0 Å². The number of likely N-dealkylation sites (tertiary alicyclic amines) is 1. The molecule has 0 aromatic carbocycles. The highest BCUT2D eigenvalue weighted by atomic mass is 35.5. The Morgan fingerprint density at radius 1 is 1.33 bits per heavy atom. The van der Waals surface area contributed by atoms with Gasteiger partial charge in [-0.2, -0.15) is 0 Å². The molecule has 0 spiro atoms. The Balaban J connectivity index is 1.58. The summed E-state index contributed by atoms with van der Waals surface area (Å²) in [6.07, 6.45) is 14.5. The van der Waals surface area contributed by atoms with Crippen LogP contribution in [0.15, 0.2) is 69.0 Å². The fraction of sp³-hybridized carbons (Fsp3) is 0.435. The summed E-state index contributed by atoms with van der Waals surface area (Å²) in [6.45, 7) is 2.54. The summed E-state index contributed by atoms with van der Waals surface area (Å²) in [4.78, 5) is 13.6. The van der Waals surface area contributed by atoms with Crippen LogP contribution in [0.3, 0.4) is 0 Å². The Labute approximate surface area is 186 Å². The van der Waals surface area contributed by atoms with Crippen LogP contribution in [0.1, 0.15) is 25.7 Å². The molecule has 2 aliphatic heterocycles. The van der Waals surface area contributed by atoms with Crippen LogP contribution in [0, 0.1) is 5.92 Å². The van der Waals surface area contributed by atoms with Crippen LogP contribution in [0.4, 0.5) is 0 Å². The van der Waals surface area contributed by atoms with Gasteiger partial charge in [-0.25, -0.2) is 0 Å². The molecular formula is C23H25Cl2NO4. The van der Waals surface area contributed by atoms with Crippen LogP contribution in [0.25, 0.3) is 0 Å². The van der Waals surface area contributed by atoms with Gasteiger partial charge < -0.3 is 19.5 Å². The topological polar surface area (TPSA) is 59.0 Å². The van der Waals surface area contributed by atoms with Crippen molar-refractivity contribution in [3.05, 3.63) is 69.0 Å². The van der Waals surface area contributed by atoms with Crippen molar-refractivity contribution in [2.24, 2.45) is 5.92 Å². The normalized spacial score (nSPS) is 28.5. The van der Waals surface area contributed by atoms with Crippen molar-refractivity contribution in [2.45, 2.75) is 31.8 Å². The molecule has 1 fully saturated rings. The number of fused-ring (bicyclic) bond motifs is 2. The van der Waals surface area contributed by atoms with Gasteiger partial charge in [0.05, 0.1) is 12.2 Å². The van der Waals surface area contributed by atoms with Gasteiger partial charge in [-0.3, -0.25) is 4.79 Å². The second kappa shape index (κ2) is 9.56. The number of halogens is 2. The third-order valence-corrected chi connectivity index (χ3v) is 6.29. The van der Waals surface area contributed by atoms with E-state index in [9.17, 15) is 9.90 Å². The minimum absolute atomic E-state index is 0.158. The van der Waals surface area contributed by atoms with Gasteiger partial charge in [0.25, 0.3) is 0 Å². The number of piperidine rings is 1. The fourth-order valence-corrected chi connectivity index (χ4v) is 4.86. The third kappa shape index (κ3) is 4.92. The Morgan fingerprint density at radius 2 is 2.20 bits per heavy atom. The average Bonchev–Trinajstić information content (AvgIpc) is 2.70. The first-order chi connectivity index (χ1) is 14.5. The Bertz CT molecular complexity index is 897. The van der Waals surface area contributed by atoms with Crippen molar-refractivity contribution >= 4 is 29.2 Å². The molecule has 4 aliphatic rings. The monoisotopic (exact) mass is 449 g/mol. The Morgan fingerprint density at radius 3 is 3.03 bits per heavy atom. The van der Waals surface area contributed by atoms with E-state index < -0.39 is 5.97 Å². The summed E-state index contributed by atoms with van der Waals surface area (Å²) in [5.41, 5.74) is 4.09. The van der Waals surface area contributed by atoms with Gasteiger partial charge in [0.1, 0.15) is 6.10 Å². The first-order valence-corrected chi connectivity index (χ1v) is 11.0. The molecule has 7 heteroatoms. The Kier molecular flexibility index (Phi) is 6.84. The molecule has 160 valence electrons. The van der Waals surface area contributed by atoms with Crippen LogP contribution in [-0.4, -0.2) is 48.5 Å². The van der Waals surface area contributed by atoms with Gasteiger partial charge in [0.2, 0.25) is 0 Å². The minimum Gasteiger partial charge on any atom is -0.481 e. The van der Waals surface area contributed by atoms with Gasteiger partial charge >= 0.3 is 5.97 Å². The van der Waals surface area contributed by atoms with E-state index in [0.29, 0.717) is 18.0 Å². The maximum Gasteiger partial charge on any atom is 0.307 e. The van der Waals surface area contributed by atoms with Crippen LogP contribution >= 0.6 is 23.2 Å². The van der Waals surface area contributed by atoms with Gasteiger partial charge in [0, 0.05) is 35.1 Å². The number of carboxylic acids is 1. The molecule has 2 aliphatic carbocycles. The zero-order valence-corrected chi connectivity index (χ0v) is 18.2. The summed E-state index contributed by atoms with van der Waals surface area (Å²) in [5.74, 6) is -0.960. The number of allylic oxidation sites excluding steroid dienone is 7. The largest absolute Gasteiger partial charge is 0.481 e. The maximum absolute atomic E-state index is 11.3. The predicted molar refractivity (Wildman–Crippen MR) is 117 cm³/mol. The lowest BCUT2D eigenvalue weighted by Gasteiger charge is -2.31. The average molecular weight is 450 g/mol. The minimum atomic E-state index is -0.696. The zero-order chi connectivity index (χ0) is 21.1. The highest BCUT2D eigenvalue weighted by Crippen LogP contribution is 2.40. The number of carbonyl (C=O) groups is 1. The van der Waals surface area contributed by atoms with Crippen LogP contribution in [0.2, 0.25) is 0 Å². The number of hydrogen-bond donors (Lipinski definition) is 1. The van der Waals surface area contributed by atoms with Crippen molar-refractivity contribution in [2.75, 3.05) is 26.4 Å². The van der Waals surface area contributed by atoms with Crippen molar-refractivity contribution in [1.29, 1.82) is 0 Å². The molecule has 0 radical (unpaired) electrons. The third-order valence-electron chi connectivity index (χ3n) is 5.82. The number of aliphatic carboxylic acids is 1. The van der Waals surface area contributed by atoms with E-state index >= 15 is 0 Å². The van der Waals surface area contributed by atoms with Crippen molar-refractivity contribution in [3.8, 4) is 0 Å². The van der Waals surface area contributed by atoms with Gasteiger partial charge in [-0.1, -0.05) is 29.3 Å². The standard InChI is InChI=1S/C23H25Cl2NO4/c24-18-5-6-21-20(11-18)22-15(9-19(25)10-17(22)13-29-14-30-21)3-1-7-26-8-2-4-16(12-26)23(27)28/h3,5-6,10-11,13,16,21H,1-2,4,7-9,12,14H2,(H,27,28)/t16?,21-/m1/s1. The zero-order valence-electron chi connectivity index (χ0n) is 16.7. The lowest BCUT2D eigenvalue weighted by atomic mass is 9.83. The second-order valence-corrected chi connectivity index (χ2v) is 8.85. The summed E-state index contributed by atoms with van der Waals surface area (Å²) in [6, 6.07) is 0. The quantitative estimate of drug-likeness (QED) is 0.662. The lowest BCUT2D eigenvalue weighted by molar-refractivity contribution is -0.143. The maximum atomic E-state index is 11.3. The van der Waals surface area contributed by atoms with E-state index in [-0.39, 0.29) is 18.8 Å². The molecule has 0 saturated carbocycles. The van der Waals surface area contributed by atoms with Crippen LogP contribution in [-0.2, 0) is 14.3 Å². The molecule has 1 N–H and O–H groups in total. The molecule has 5 nitrogen and oxygen atoms in total. The fourth-order valence-electron chi connectivity index (χ4n) is 4.41. The molecule has 2 heterocycles. The second-order valence-electron chi connectivity index (χ2n) is 7.93. The summed E-state index contributed by atoms with van der Waals surface area (Å²) in [5, 5.41) is 10.7. The van der Waals surface area contributed by atoms with Gasteiger partial charge in [-0.15, -0.1) is 0 Å². The number of ether oxygens (including phenoxy) is 2. The van der Waals surface area contributed by atoms with E-state index in [4.69, 9.17) is 32.7 Å². The first kappa shape index (κ1) is 21.4. The molecular weight excluding hydrogens is 425 g/mol. The number of rotatable bonds is 4. The van der Waals surface area contributed by atoms with Gasteiger partial charge in [0.15, 0.2) is 6.79 Å². The number of nitrogens with zero attached hydrogens (tertiary/aromatic N) is 1. The summed E-state index contributed by atoms with van der Waals surface area (Å²) >= 11 is 12.8. The van der Waals surface area contributed by atoms with E-state index in [1.54, 1.807) is 6.26 Å². The van der Waals surface area contributed by atoms with E-state index in [2.05, 4.69) is 11.0 Å². The van der Waals surface area contributed by atoms with Crippen molar-refractivity contribution < 1.29 is 19.4 Å².